The fourth-order valence-corrected chi connectivity index (χ4v) is 4.72. The number of fused-ring (bicyclic) bond motifs is 3. The molecule has 2 aliphatic heterocycles. The molecule has 2 aromatic rings. The van der Waals surface area contributed by atoms with E-state index in [1.165, 1.54) is 12.1 Å². The maximum Gasteiger partial charge on any atom is 0.234 e. The van der Waals surface area contributed by atoms with E-state index in [1.807, 2.05) is 6.92 Å². The molecule has 2 fully saturated rings. The lowest BCUT2D eigenvalue weighted by molar-refractivity contribution is -0.125. The van der Waals surface area contributed by atoms with E-state index in [4.69, 9.17) is 4.98 Å². The Bertz CT molecular complexity index is 894. The van der Waals surface area contributed by atoms with Crippen LogP contribution in [-0.4, -0.2) is 62.9 Å². The number of amides is 1. The lowest BCUT2D eigenvalue weighted by Gasteiger charge is -2.40. The highest BCUT2D eigenvalue weighted by Crippen LogP contribution is 2.30. The molecule has 6 nitrogen and oxygen atoms in total. The third kappa shape index (κ3) is 4.31. The first-order valence-corrected chi connectivity index (χ1v) is 10.7. The van der Waals surface area contributed by atoms with Crippen LogP contribution < -0.4 is 5.32 Å². The second-order valence-corrected chi connectivity index (χ2v) is 9.34. The van der Waals surface area contributed by atoms with Crippen LogP contribution in [0.2, 0.25) is 0 Å². The number of aromatic nitrogens is 2. The number of nitrogens with one attached hydrogen (secondary N) is 2. The number of piperazine rings is 1. The summed E-state index contributed by atoms with van der Waals surface area (Å²) in [4.78, 5) is 25.3. The topological polar surface area (TPSA) is 64.3 Å². The SMILES string of the molecule is CCC(C)(C)NC(=O)CN1C2CCC1CN(Cc1nc3c(C)cc(F)cc3[nH]1)C2. The molecule has 2 aliphatic rings. The van der Waals surface area contributed by atoms with Gasteiger partial charge >= 0.3 is 0 Å². The summed E-state index contributed by atoms with van der Waals surface area (Å²) in [7, 11) is 0. The van der Waals surface area contributed by atoms with E-state index in [-0.39, 0.29) is 17.3 Å². The van der Waals surface area contributed by atoms with E-state index < -0.39 is 0 Å². The molecule has 1 aromatic heterocycles. The van der Waals surface area contributed by atoms with Crippen LogP contribution >= 0.6 is 0 Å². The van der Waals surface area contributed by atoms with Crippen LogP contribution in [0.3, 0.4) is 0 Å². The normalized spacial score (nSPS) is 23.1. The Morgan fingerprint density at radius 1 is 1.31 bits per heavy atom. The van der Waals surface area contributed by atoms with Gasteiger partial charge in [0, 0.05) is 30.7 Å². The van der Waals surface area contributed by atoms with Crippen molar-refractivity contribution in [2.75, 3.05) is 19.6 Å². The Balaban J connectivity index is 1.39. The summed E-state index contributed by atoms with van der Waals surface area (Å²) < 4.78 is 13.7. The van der Waals surface area contributed by atoms with Crippen molar-refractivity contribution in [2.45, 2.75) is 71.1 Å². The Morgan fingerprint density at radius 3 is 2.66 bits per heavy atom. The number of carbonyl (C=O) groups excluding carboxylic acids is 1. The molecule has 2 atom stereocenters. The van der Waals surface area contributed by atoms with Crippen molar-refractivity contribution in [3.05, 3.63) is 29.3 Å². The highest BCUT2D eigenvalue weighted by molar-refractivity contribution is 5.79. The molecular formula is C22H32FN5O. The predicted molar refractivity (Wildman–Crippen MR) is 112 cm³/mol. The van der Waals surface area contributed by atoms with Crippen LogP contribution in [0.4, 0.5) is 4.39 Å². The number of aromatic amines is 1. The fraction of sp³-hybridized carbons (Fsp3) is 0.636. The predicted octanol–water partition coefficient (Wildman–Crippen LogP) is 2.96. The summed E-state index contributed by atoms with van der Waals surface area (Å²) in [5.41, 5.74) is 2.30. The van der Waals surface area contributed by atoms with Crippen LogP contribution in [0.5, 0.6) is 0 Å². The lowest BCUT2D eigenvalue weighted by atomic mass is 10.0. The van der Waals surface area contributed by atoms with Crippen molar-refractivity contribution in [2.24, 2.45) is 0 Å². The number of carbonyl (C=O) groups is 1. The minimum absolute atomic E-state index is 0.122. The van der Waals surface area contributed by atoms with Gasteiger partial charge in [-0.2, -0.15) is 0 Å². The van der Waals surface area contributed by atoms with Crippen molar-refractivity contribution in [3.63, 3.8) is 0 Å². The van der Waals surface area contributed by atoms with Crippen LogP contribution in [0.25, 0.3) is 11.0 Å². The first kappa shape index (κ1) is 20.3. The van der Waals surface area contributed by atoms with Gasteiger partial charge in [0.2, 0.25) is 5.91 Å². The summed E-state index contributed by atoms with van der Waals surface area (Å²) in [6, 6.07) is 3.86. The molecule has 0 aliphatic carbocycles. The molecule has 1 amide bonds. The minimum atomic E-state index is -0.235. The van der Waals surface area contributed by atoms with E-state index in [2.05, 4.69) is 40.9 Å². The quantitative estimate of drug-likeness (QED) is 0.781. The molecule has 158 valence electrons. The molecule has 2 N–H and O–H groups in total. The second kappa shape index (κ2) is 7.69. The number of imidazole rings is 1. The van der Waals surface area contributed by atoms with Gasteiger partial charge in [0.25, 0.3) is 0 Å². The van der Waals surface area contributed by atoms with Crippen LogP contribution in [0.1, 0.15) is 51.4 Å². The largest absolute Gasteiger partial charge is 0.350 e. The Hall–Kier alpha value is -1.99. The summed E-state index contributed by atoms with van der Waals surface area (Å²) in [5.74, 6) is 0.766. The standard InChI is InChI=1S/C22H32FN5O/c1-5-22(3,4)26-20(29)13-28-16-6-7-17(28)11-27(10-16)12-19-24-18-9-15(23)8-14(2)21(18)25-19/h8-9,16-17H,5-7,10-13H2,1-4H3,(H,24,25)(H,26,29). The van der Waals surface area contributed by atoms with E-state index in [1.54, 1.807) is 0 Å². The van der Waals surface area contributed by atoms with Crippen LogP contribution in [0, 0.1) is 12.7 Å². The monoisotopic (exact) mass is 401 g/mol. The number of H-pyrrole nitrogens is 1. The van der Waals surface area contributed by atoms with E-state index in [0.717, 1.165) is 61.3 Å². The number of benzene rings is 1. The molecule has 7 heteroatoms. The smallest absolute Gasteiger partial charge is 0.234 e. The molecule has 2 unspecified atom stereocenters. The molecule has 1 aromatic carbocycles. The van der Waals surface area contributed by atoms with Crippen molar-refractivity contribution in [3.8, 4) is 0 Å². The molecular weight excluding hydrogens is 369 g/mol. The van der Waals surface area contributed by atoms with E-state index in [0.29, 0.717) is 18.6 Å². The maximum atomic E-state index is 13.7. The van der Waals surface area contributed by atoms with Crippen molar-refractivity contribution >= 4 is 16.9 Å². The fourth-order valence-electron chi connectivity index (χ4n) is 4.72. The Kier molecular flexibility index (Phi) is 5.38. The van der Waals surface area contributed by atoms with E-state index >= 15 is 0 Å². The number of nitrogens with zero attached hydrogens (tertiary/aromatic N) is 3. The molecule has 4 rings (SSSR count). The van der Waals surface area contributed by atoms with Gasteiger partial charge in [0.1, 0.15) is 11.6 Å². The van der Waals surface area contributed by atoms with Gasteiger partial charge < -0.3 is 10.3 Å². The number of aryl methyl sites for hydroxylation is 1. The molecule has 3 heterocycles. The number of halogens is 1. The van der Waals surface area contributed by atoms with Gasteiger partial charge in [0.15, 0.2) is 0 Å². The average molecular weight is 402 g/mol. The summed E-state index contributed by atoms with van der Waals surface area (Å²) >= 11 is 0. The summed E-state index contributed by atoms with van der Waals surface area (Å²) in [6.45, 7) is 11.2. The van der Waals surface area contributed by atoms with Gasteiger partial charge in [-0.25, -0.2) is 9.37 Å². The highest BCUT2D eigenvalue weighted by Gasteiger charge is 2.41. The van der Waals surface area contributed by atoms with Crippen LogP contribution in [-0.2, 0) is 11.3 Å². The van der Waals surface area contributed by atoms with Gasteiger partial charge in [-0.3, -0.25) is 14.6 Å². The molecule has 0 radical (unpaired) electrons. The Morgan fingerprint density at radius 2 is 2.00 bits per heavy atom. The van der Waals surface area contributed by atoms with Crippen molar-refractivity contribution in [1.29, 1.82) is 0 Å². The molecule has 29 heavy (non-hydrogen) atoms. The number of hydrogen-bond donors (Lipinski definition) is 2. The van der Waals surface area contributed by atoms with Crippen molar-refractivity contribution in [1.82, 2.24) is 25.1 Å². The average Bonchev–Trinajstić information content (AvgIpc) is 3.12. The number of likely N-dealkylation sites (tertiary alicyclic amines) is 1. The first-order chi connectivity index (χ1) is 13.7. The zero-order valence-electron chi connectivity index (χ0n) is 17.9. The zero-order valence-corrected chi connectivity index (χ0v) is 17.9. The molecule has 0 saturated carbocycles. The van der Waals surface area contributed by atoms with Gasteiger partial charge in [0.05, 0.1) is 24.1 Å². The molecule has 2 bridgehead atoms. The third-order valence-electron chi connectivity index (χ3n) is 6.56. The minimum Gasteiger partial charge on any atom is -0.350 e. The third-order valence-corrected chi connectivity index (χ3v) is 6.56. The summed E-state index contributed by atoms with van der Waals surface area (Å²) in [6.07, 6.45) is 3.19. The second-order valence-electron chi connectivity index (χ2n) is 9.34. The number of hydrogen-bond acceptors (Lipinski definition) is 4. The van der Waals surface area contributed by atoms with Gasteiger partial charge in [-0.05, 0) is 57.7 Å². The van der Waals surface area contributed by atoms with E-state index in [9.17, 15) is 9.18 Å². The Labute approximate surface area is 171 Å². The molecule has 0 spiro atoms. The van der Waals surface area contributed by atoms with Crippen molar-refractivity contribution < 1.29 is 9.18 Å². The van der Waals surface area contributed by atoms with Crippen LogP contribution in [0.15, 0.2) is 12.1 Å². The lowest BCUT2D eigenvalue weighted by Crippen LogP contribution is -2.57. The van der Waals surface area contributed by atoms with Gasteiger partial charge in [-0.1, -0.05) is 6.92 Å². The number of rotatable bonds is 6. The summed E-state index contributed by atoms with van der Waals surface area (Å²) in [5, 5.41) is 3.16. The highest BCUT2D eigenvalue weighted by atomic mass is 19.1. The first-order valence-electron chi connectivity index (χ1n) is 10.7. The molecule has 2 saturated heterocycles. The van der Waals surface area contributed by atoms with Gasteiger partial charge in [-0.15, -0.1) is 0 Å². The zero-order chi connectivity index (χ0) is 20.8. The maximum absolute atomic E-state index is 13.7.